The maximum absolute atomic E-state index is 12.3. The molecule has 120 valence electrons. The summed E-state index contributed by atoms with van der Waals surface area (Å²) in [6.45, 7) is 5.06. The number of benzene rings is 1. The van der Waals surface area contributed by atoms with Crippen LogP contribution in [0.4, 0.5) is 0 Å². The third-order valence-corrected chi connectivity index (χ3v) is 4.58. The monoisotopic (exact) mass is 322 g/mol. The van der Waals surface area contributed by atoms with Crippen molar-refractivity contribution in [3.8, 4) is 5.75 Å². The molecule has 0 aromatic heterocycles. The molecule has 0 bridgehead atoms. The molecule has 22 heavy (non-hydrogen) atoms. The van der Waals surface area contributed by atoms with E-state index in [1.165, 1.54) is 19.4 Å². The summed E-state index contributed by atoms with van der Waals surface area (Å²) in [7, 11) is 0. The number of ether oxygens (including phenoxy) is 1. The molecule has 1 aliphatic carbocycles. The quantitative estimate of drug-likeness (QED) is 0.835. The van der Waals surface area contributed by atoms with E-state index in [-0.39, 0.29) is 12.5 Å². The number of carbonyl (C=O) groups excluding carboxylic acids is 1. The van der Waals surface area contributed by atoms with Gasteiger partial charge in [-0.1, -0.05) is 11.6 Å². The van der Waals surface area contributed by atoms with Crippen LogP contribution >= 0.6 is 11.6 Å². The summed E-state index contributed by atoms with van der Waals surface area (Å²) in [6.07, 6.45) is 3.82. The first-order chi connectivity index (χ1) is 10.7. The van der Waals surface area contributed by atoms with E-state index in [1.807, 2.05) is 4.90 Å². The lowest BCUT2D eigenvalue weighted by atomic mass is 10.3. The highest BCUT2D eigenvalue weighted by Crippen LogP contribution is 2.29. The van der Waals surface area contributed by atoms with E-state index in [4.69, 9.17) is 16.3 Å². The zero-order valence-electron chi connectivity index (χ0n) is 12.8. The second-order valence-corrected chi connectivity index (χ2v) is 6.66. The predicted molar refractivity (Wildman–Crippen MR) is 87.3 cm³/mol. The molecule has 0 unspecified atom stereocenters. The van der Waals surface area contributed by atoms with E-state index in [0.717, 1.165) is 38.5 Å². The van der Waals surface area contributed by atoms with E-state index in [2.05, 4.69) is 4.90 Å². The number of hydrogen-bond acceptors (Lipinski definition) is 3. The largest absolute Gasteiger partial charge is 0.484 e. The van der Waals surface area contributed by atoms with Gasteiger partial charge in [0.1, 0.15) is 5.75 Å². The molecule has 1 saturated carbocycles. The van der Waals surface area contributed by atoms with Crippen molar-refractivity contribution in [2.45, 2.75) is 19.3 Å². The van der Waals surface area contributed by atoms with Gasteiger partial charge in [0, 0.05) is 31.2 Å². The van der Waals surface area contributed by atoms with Gasteiger partial charge in [0.15, 0.2) is 6.61 Å². The van der Waals surface area contributed by atoms with Gasteiger partial charge >= 0.3 is 0 Å². The third-order valence-electron chi connectivity index (χ3n) is 4.33. The highest BCUT2D eigenvalue weighted by molar-refractivity contribution is 6.30. The first-order valence-electron chi connectivity index (χ1n) is 8.09. The number of nitrogens with zero attached hydrogens (tertiary/aromatic N) is 2. The van der Waals surface area contributed by atoms with Gasteiger partial charge in [0.25, 0.3) is 5.91 Å². The van der Waals surface area contributed by atoms with Crippen molar-refractivity contribution in [3.63, 3.8) is 0 Å². The lowest BCUT2D eigenvalue weighted by molar-refractivity contribution is -0.133. The number of halogens is 1. The van der Waals surface area contributed by atoms with Gasteiger partial charge < -0.3 is 14.5 Å². The van der Waals surface area contributed by atoms with E-state index < -0.39 is 0 Å². The Hall–Kier alpha value is -1.26. The van der Waals surface area contributed by atoms with Gasteiger partial charge in [-0.3, -0.25) is 4.79 Å². The molecular weight excluding hydrogens is 300 g/mol. The normalized spacial score (nSPS) is 19.8. The first-order valence-corrected chi connectivity index (χ1v) is 8.47. The van der Waals surface area contributed by atoms with E-state index in [0.29, 0.717) is 10.8 Å². The SMILES string of the molecule is O=C(COc1ccc(Cl)cc1)N1CCCN(CC2CC2)CC1. The lowest BCUT2D eigenvalue weighted by Crippen LogP contribution is -2.38. The fourth-order valence-electron chi connectivity index (χ4n) is 2.84. The Bertz CT molecular complexity index is 502. The molecule has 3 rings (SSSR count). The zero-order valence-corrected chi connectivity index (χ0v) is 13.6. The summed E-state index contributed by atoms with van der Waals surface area (Å²) in [5, 5.41) is 0.668. The van der Waals surface area contributed by atoms with Crippen molar-refractivity contribution in [1.82, 2.24) is 9.80 Å². The van der Waals surface area contributed by atoms with Crippen LogP contribution in [0.1, 0.15) is 19.3 Å². The van der Waals surface area contributed by atoms with Crippen LogP contribution in [0.3, 0.4) is 0 Å². The van der Waals surface area contributed by atoms with Crippen LogP contribution in [0.15, 0.2) is 24.3 Å². The average Bonchev–Trinajstić information content (AvgIpc) is 3.34. The molecule has 4 nitrogen and oxygen atoms in total. The maximum atomic E-state index is 12.3. The zero-order chi connectivity index (χ0) is 15.4. The first kappa shape index (κ1) is 15.6. The number of hydrogen-bond donors (Lipinski definition) is 0. The minimum Gasteiger partial charge on any atom is -0.484 e. The minimum atomic E-state index is 0.0724. The Morgan fingerprint density at radius 2 is 1.91 bits per heavy atom. The number of amides is 1. The van der Waals surface area contributed by atoms with Crippen LogP contribution in [0.25, 0.3) is 0 Å². The third kappa shape index (κ3) is 4.62. The van der Waals surface area contributed by atoms with Crippen LogP contribution in [-0.2, 0) is 4.79 Å². The predicted octanol–water partition coefficient (Wildman–Crippen LogP) is 2.66. The minimum absolute atomic E-state index is 0.0724. The second kappa shape index (κ2) is 7.34. The number of carbonyl (C=O) groups is 1. The summed E-state index contributed by atoms with van der Waals surface area (Å²) < 4.78 is 5.55. The molecule has 2 aliphatic rings. The summed E-state index contributed by atoms with van der Waals surface area (Å²) in [4.78, 5) is 16.7. The summed E-state index contributed by atoms with van der Waals surface area (Å²) in [5.74, 6) is 1.67. The molecule has 0 N–H and O–H groups in total. The van der Waals surface area contributed by atoms with Crippen molar-refractivity contribution in [2.24, 2.45) is 5.92 Å². The van der Waals surface area contributed by atoms with E-state index >= 15 is 0 Å². The molecule has 2 fully saturated rings. The smallest absolute Gasteiger partial charge is 0.260 e. The van der Waals surface area contributed by atoms with Crippen molar-refractivity contribution in [3.05, 3.63) is 29.3 Å². The van der Waals surface area contributed by atoms with Gasteiger partial charge in [-0.25, -0.2) is 0 Å². The standard InChI is InChI=1S/C17H23ClN2O2/c18-15-4-6-16(7-5-15)22-13-17(21)20-9-1-8-19(10-11-20)12-14-2-3-14/h4-7,14H,1-3,8-13H2. The van der Waals surface area contributed by atoms with E-state index in [9.17, 15) is 4.79 Å². The van der Waals surface area contributed by atoms with Gasteiger partial charge in [-0.05, 0) is 56.0 Å². The summed E-state index contributed by atoms with van der Waals surface area (Å²) in [5.41, 5.74) is 0. The molecule has 1 aromatic rings. The molecule has 1 amide bonds. The molecule has 0 radical (unpaired) electrons. The van der Waals surface area contributed by atoms with Crippen LogP contribution in [0.2, 0.25) is 5.02 Å². The molecule has 1 aliphatic heterocycles. The Morgan fingerprint density at radius 1 is 1.14 bits per heavy atom. The molecule has 1 saturated heterocycles. The van der Waals surface area contributed by atoms with E-state index in [1.54, 1.807) is 24.3 Å². The Balaban J connectivity index is 1.44. The van der Waals surface area contributed by atoms with Crippen molar-refractivity contribution in [2.75, 3.05) is 39.3 Å². The van der Waals surface area contributed by atoms with Gasteiger partial charge in [0.05, 0.1) is 0 Å². The maximum Gasteiger partial charge on any atom is 0.260 e. The van der Waals surface area contributed by atoms with Crippen molar-refractivity contribution < 1.29 is 9.53 Å². The topological polar surface area (TPSA) is 32.8 Å². The van der Waals surface area contributed by atoms with Gasteiger partial charge in [-0.2, -0.15) is 0 Å². The Labute approximate surface area is 137 Å². The Kier molecular flexibility index (Phi) is 5.21. The molecule has 1 heterocycles. The van der Waals surface area contributed by atoms with Crippen LogP contribution in [0.5, 0.6) is 5.75 Å². The van der Waals surface area contributed by atoms with Crippen LogP contribution in [-0.4, -0.2) is 55.0 Å². The highest BCUT2D eigenvalue weighted by Gasteiger charge is 2.26. The summed E-state index contributed by atoms with van der Waals surface area (Å²) in [6, 6.07) is 7.11. The van der Waals surface area contributed by atoms with Crippen molar-refractivity contribution in [1.29, 1.82) is 0 Å². The van der Waals surface area contributed by atoms with Crippen molar-refractivity contribution >= 4 is 17.5 Å². The van der Waals surface area contributed by atoms with Crippen LogP contribution < -0.4 is 4.74 Å². The molecular formula is C17H23ClN2O2. The second-order valence-electron chi connectivity index (χ2n) is 6.22. The fourth-order valence-corrected chi connectivity index (χ4v) is 2.96. The molecule has 0 spiro atoms. The number of rotatable bonds is 5. The average molecular weight is 323 g/mol. The van der Waals surface area contributed by atoms with Gasteiger partial charge in [0.2, 0.25) is 0 Å². The van der Waals surface area contributed by atoms with Crippen LogP contribution in [0, 0.1) is 5.92 Å². The Morgan fingerprint density at radius 3 is 2.64 bits per heavy atom. The van der Waals surface area contributed by atoms with Gasteiger partial charge in [-0.15, -0.1) is 0 Å². The molecule has 1 aromatic carbocycles. The summed E-state index contributed by atoms with van der Waals surface area (Å²) >= 11 is 5.83. The highest BCUT2D eigenvalue weighted by atomic mass is 35.5. The molecule has 5 heteroatoms. The molecule has 0 atom stereocenters. The lowest BCUT2D eigenvalue weighted by Gasteiger charge is -2.22. The fraction of sp³-hybridized carbons (Fsp3) is 0.588.